The standard InChI is InChI=1S/C15H11FN4O2S/c16-11-2-1-3-12(8-11)20-15(17-18-19-20)23-9-14(22)10-4-6-13(21)7-5-10/h1-8,21H,9H2. The van der Waals surface area contributed by atoms with Gasteiger partial charge in [-0.2, -0.15) is 4.68 Å². The van der Waals surface area contributed by atoms with E-state index in [1.807, 2.05) is 0 Å². The van der Waals surface area contributed by atoms with Gasteiger partial charge in [-0.15, -0.1) is 5.10 Å². The quantitative estimate of drug-likeness (QED) is 0.572. The summed E-state index contributed by atoms with van der Waals surface area (Å²) in [6.45, 7) is 0. The number of aromatic nitrogens is 4. The molecule has 3 aromatic rings. The maximum absolute atomic E-state index is 13.3. The number of phenols is 1. The highest BCUT2D eigenvalue weighted by molar-refractivity contribution is 7.99. The van der Waals surface area contributed by atoms with Crippen LogP contribution in [-0.2, 0) is 0 Å². The van der Waals surface area contributed by atoms with Crippen molar-refractivity contribution in [2.75, 3.05) is 5.75 Å². The van der Waals surface area contributed by atoms with Gasteiger partial charge in [0.25, 0.3) is 0 Å². The molecule has 0 saturated carbocycles. The van der Waals surface area contributed by atoms with Gasteiger partial charge in [0.05, 0.1) is 11.4 Å². The molecule has 23 heavy (non-hydrogen) atoms. The summed E-state index contributed by atoms with van der Waals surface area (Å²) in [6, 6.07) is 11.9. The average Bonchev–Trinajstić information content (AvgIpc) is 3.02. The molecule has 0 radical (unpaired) electrons. The van der Waals surface area contributed by atoms with Crippen molar-refractivity contribution < 1.29 is 14.3 Å². The van der Waals surface area contributed by atoms with Crippen molar-refractivity contribution in [2.45, 2.75) is 5.16 Å². The molecule has 0 unspecified atom stereocenters. The van der Waals surface area contributed by atoms with E-state index >= 15 is 0 Å². The van der Waals surface area contributed by atoms with Crippen LogP contribution in [0, 0.1) is 5.82 Å². The van der Waals surface area contributed by atoms with Crippen molar-refractivity contribution in [1.82, 2.24) is 20.2 Å². The molecule has 0 fully saturated rings. The maximum atomic E-state index is 13.3. The molecule has 1 aromatic heterocycles. The number of hydrogen-bond donors (Lipinski definition) is 1. The van der Waals surface area contributed by atoms with Crippen LogP contribution in [0.15, 0.2) is 53.7 Å². The van der Waals surface area contributed by atoms with E-state index in [0.29, 0.717) is 16.4 Å². The van der Waals surface area contributed by atoms with Crippen LogP contribution in [0.5, 0.6) is 5.75 Å². The normalized spacial score (nSPS) is 10.7. The Balaban J connectivity index is 1.73. The molecule has 0 bridgehead atoms. The number of carbonyl (C=O) groups excluding carboxylic acids is 1. The average molecular weight is 330 g/mol. The summed E-state index contributed by atoms with van der Waals surface area (Å²) in [4.78, 5) is 12.1. The third-order valence-corrected chi connectivity index (χ3v) is 3.93. The summed E-state index contributed by atoms with van der Waals surface area (Å²) in [5.41, 5.74) is 0.967. The molecule has 6 nitrogen and oxygen atoms in total. The van der Waals surface area contributed by atoms with Crippen LogP contribution in [0.4, 0.5) is 4.39 Å². The van der Waals surface area contributed by atoms with Gasteiger partial charge in [0.15, 0.2) is 5.78 Å². The van der Waals surface area contributed by atoms with Gasteiger partial charge in [-0.05, 0) is 52.9 Å². The second-order valence-electron chi connectivity index (χ2n) is 4.61. The van der Waals surface area contributed by atoms with Crippen LogP contribution < -0.4 is 0 Å². The first-order valence-corrected chi connectivity index (χ1v) is 7.61. The second kappa shape index (κ2) is 6.57. The molecular formula is C15H11FN4O2S. The van der Waals surface area contributed by atoms with Gasteiger partial charge >= 0.3 is 0 Å². The van der Waals surface area contributed by atoms with Crippen LogP contribution in [0.2, 0.25) is 0 Å². The Labute approximate surface area is 135 Å². The molecule has 8 heteroatoms. The summed E-state index contributed by atoms with van der Waals surface area (Å²) in [5.74, 6) is -0.289. The zero-order valence-corrected chi connectivity index (χ0v) is 12.6. The van der Waals surface area contributed by atoms with Crippen molar-refractivity contribution in [3.05, 3.63) is 59.9 Å². The van der Waals surface area contributed by atoms with Crippen LogP contribution in [0.25, 0.3) is 5.69 Å². The first-order chi connectivity index (χ1) is 11.1. The Hall–Kier alpha value is -2.74. The number of ketones is 1. The fraction of sp³-hybridized carbons (Fsp3) is 0.0667. The number of halogens is 1. The lowest BCUT2D eigenvalue weighted by atomic mass is 10.1. The highest BCUT2D eigenvalue weighted by atomic mass is 32.2. The van der Waals surface area contributed by atoms with Crippen LogP contribution in [0.1, 0.15) is 10.4 Å². The number of phenolic OH excluding ortho intramolecular Hbond substituents is 1. The van der Waals surface area contributed by atoms with Crippen molar-refractivity contribution in [3.63, 3.8) is 0 Å². The minimum Gasteiger partial charge on any atom is -0.508 e. The molecule has 1 heterocycles. The highest BCUT2D eigenvalue weighted by Gasteiger charge is 2.13. The van der Waals surface area contributed by atoms with Gasteiger partial charge in [0, 0.05) is 5.56 Å². The molecule has 3 rings (SSSR count). The van der Waals surface area contributed by atoms with E-state index in [2.05, 4.69) is 15.5 Å². The van der Waals surface area contributed by atoms with Gasteiger partial charge in [-0.25, -0.2) is 4.39 Å². The molecule has 0 saturated heterocycles. The minimum atomic E-state index is -0.394. The molecule has 0 aliphatic rings. The second-order valence-corrected chi connectivity index (χ2v) is 5.55. The molecule has 0 amide bonds. The van der Waals surface area contributed by atoms with Crippen LogP contribution in [0.3, 0.4) is 0 Å². The third-order valence-electron chi connectivity index (χ3n) is 3.02. The summed E-state index contributed by atoms with van der Waals surface area (Å²) >= 11 is 1.15. The molecule has 0 spiro atoms. The van der Waals surface area contributed by atoms with Crippen LogP contribution >= 0.6 is 11.8 Å². The van der Waals surface area contributed by atoms with Crippen molar-refractivity contribution >= 4 is 17.5 Å². The van der Waals surface area contributed by atoms with Crippen LogP contribution in [-0.4, -0.2) is 36.8 Å². The molecule has 1 N–H and O–H groups in total. The zero-order chi connectivity index (χ0) is 16.2. The van der Waals surface area contributed by atoms with E-state index in [4.69, 9.17) is 0 Å². The highest BCUT2D eigenvalue weighted by Crippen LogP contribution is 2.20. The van der Waals surface area contributed by atoms with Gasteiger partial charge in [-0.3, -0.25) is 4.79 Å². The first kappa shape index (κ1) is 15.2. The molecular weight excluding hydrogens is 319 g/mol. The van der Waals surface area contributed by atoms with Crippen molar-refractivity contribution in [2.24, 2.45) is 0 Å². The number of nitrogens with zero attached hydrogens (tertiary/aromatic N) is 4. The first-order valence-electron chi connectivity index (χ1n) is 6.63. The third kappa shape index (κ3) is 3.54. The Morgan fingerprint density at radius 1 is 1.22 bits per heavy atom. The minimum absolute atomic E-state index is 0.101. The Kier molecular flexibility index (Phi) is 4.33. The summed E-state index contributed by atoms with van der Waals surface area (Å²) < 4.78 is 14.7. The number of hydrogen-bond acceptors (Lipinski definition) is 6. The molecule has 0 aliphatic heterocycles. The fourth-order valence-corrected chi connectivity index (χ4v) is 2.68. The van der Waals surface area contributed by atoms with Gasteiger partial charge in [-0.1, -0.05) is 17.8 Å². The van der Waals surface area contributed by atoms with E-state index in [0.717, 1.165) is 11.8 Å². The van der Waals surface area contributed by atoms with Gasteiger partial charge in [0.1, 0.15) is 11.6 Å². The smallest absolute Gasteiger partial charge is 0.214 e. The Morgan fingerprint density at radius 2 is 2.00 bits per heavy atom. The number of carbonyl (C=O) groups is 1. The number of Topliss-reactive ketones (excluding diaryl/α,β-unsaturated/α-hetero) is 1. The predicted octanol–water partition coefficient (Wildman–Crippen LogP) is 2.48. The number of tetrazole rings is 1. The molecule has 0 aliphatic carbocycles. The number of thioether (sulfide) groups is 1. The molecule has 2 aromatic carbocycles. The zero-order valence-electron chi connectivity index (χ0n) is 11.8. The molecule has 116 valence electrons. The van der Waals surface area contributed by atoms with Gasteiger partial charge in [0.2, 0.25) is 5.16 Å². The summed E-state index contributed by atoms with van der Waals surface area (Å²) in [5, 5.41) is 20.8. The van der Waals surface area contributed by atoms with Crippen molar-refractivity contribution in [1.29, 1.82) is 0 Å². The van der Waals surface area contributed by atoms with E-state index in [1.54, 1.807) is 24.3 Å². The lowest BCUT2D eigenvalue weighted by molar-refractivity contribution is 0.102. The lowest BCUT2D eigenvalue weighted by Gasteiger charge is -2.04. The maximum Gasteiger partial charge on any atom is 0.214 e. The largest absolute Gasteiger partial charge is 0.508 e. The van der Waals surface area contributed by atoms with Crippen molar-refractivity contribution in [3.8, 4) is 11.4 Å². The predicted molar refractivity (Wildman–Crippen MR) is 82.3 cm³/mol. The summed E-state index contributed by atoms with van der Waals surface area (Å²) in [6.07, 6.45) is 0. The van der Waals surface area contributed by atoms with Gasteiger partial charge < -0.3 is 5.11 Å². The lowest BCUT2D eigenvalue weighted by Crippen LogP contribution is -2.05. The fourth-order valence-electron chi connectivity index (χ4n) is 1.90. The van der Waals surface area contributed by atoms with E-state index in [-0.39, 0.29) is 17.3 Å². The van der Waals surface area contributed by atoms with E-state index < -0.39 is 5.82 Å². The molecule has 0 atom stereocenters. The van der Waals surface area contributed by atoms with E-state index in [9.17, 15) is 14.3 Å². The Bertz CT molecular complexity index is 836. The monoisotopic (exact) mass is 330 g/mol. The Morgan fingerprint density at radius 3 is 2.74 bits per heavy atom. The topological polar surface area (TPSA) is 80.9 Å². The SMILES string of the molecule is O=C(CSc1nnnn1-c1cccc(F)c1)c1ccc(O)cc1. The number of aromatic hydroxyl groups is 1. The summed E-state index contributed by atoms with van der Waals surface area (Å²) in [7, 11) is 0. The van der Waals surface area contributed by atoms with E-state index in [1.165, 1.54) is 28.9 Å². The number of rotatable bonds is 5. The number of benzene rings is 2.